The van der Waals surface area contributed by atoms with Gasteiger partial charge in [-0.25, -0.2) is 4.98 Å². The van der Waals surface area contributed by atoms with E-state index < -0.39 is 17.3 Å². The summed E-state index contributed by atoms with van der Waals surface area (Å²) in [6.07, 6.45) is -1.35. The molecule has 0 aliphatic heterocycles. The molecule has 0 saturated heterocycles. The van der Waals surface area contributed by atoms with Gasteiger partial charge in [0.05, 0.1) is 22.7 Å². The van der Waals surface area contributed by atoms with Crippen molar-refractivity contribution >= 4 is 17.1 Å². The van der Waals surface area contributed by atoms with Crippen molar-refractivity contribution in [3.05, 3.63) is 124 Å². The van der Waals surface area contributed by atoms with Crippen LogP contribution in [0.3, 0.4) is 0 Å². The number of nitrogens with zero attached hydrogens (tertiary/aromatic N) is 4. The molecule has 0 aliphatic rings. The number of alkyl halides is 3. The summed E-state index contributed by atoms with van der Waals surface area (Å²) >= 11 is 0. The molecular weight excluding hydrogens is 517 g/mol. The topological polar surface area (TPSA) is 61.4 Å². The molecule has 0 aliphatic carbocycles. The standard InChI is InChI=1S/C31H25F3N4O2/c1-4-16-40-26-14-12-25(13-15-26)37-20(2)17-23(21(37)3)19-35-38-29(22-8-7-9-24(18-22)31(32,33)34)36-28-11-6-5-10-27(28)30(38)39/h4-15,17-19H,1,16H2,2-3H3. The number of para-hydroxylation sites is 1. The molecule has 40 heavy (non-hydrogen) atoms. The highest BCUT2D eigenvalue weighted by Crippen LogP contribution is 2.32. The average molecular weight is 543 g/mol. The Balaban J connectivity index is 1.59. The second-order valence-corrected chi connectivity index (χ2v) is 9.15. The van der Waals surface area contributed by atoms with Gasteiger partial charge in [-0.2, -0.15) is 22.9 Å². The summed E-state index contributed by atoms with van der Waals surface area (Å²) in [5.41, 5.74) is 2.60. The molecule has 202 valence electrons. The van der Waals surface area contributed by atoms with Gasteiger partial charge in [-0.05, 0) is 68.4 Å². The maximum Gasteiger partial charge on any atom is 0.416 e. The molecule has 9 heteroatoms. The zero-order chi connectivity index (χ0) is 28.4. The summed E-state index contributed by atoms with van der Waals surface area (Å²) in [4.78, 5) is 18.0. The van der Waals surface area contributed by atoms with Gasteiger partial charge in [0.1, 0.15) is 12.4 Å². The molecule has 2 heterocycles. The number of hydrogen-bond acceptors (Lipinski definition) is 4. The normalized spacial score (nSPS) is 11.8. The summed E-state index contributed by atoms with van der Waals surface area (Å²) in [5, 5.41) is 4.75. The van der Waals surface area contributed by atoms with E-state index in [0.29, 0.717) is 17.5 Å². The summed E-state index contributed by atoms with van der Waals surface area (Å²) in [5.74, 6) is 0.730. The largest absolute Gasteiger partial charge is 0.490 e. The van der Waals surface area contributed by atoms with Gasteiger partial charge in [0.25, 0.3) is 5.56 Å². The number of benzene rings is 3. The maximum absolute atomic E-state index is 13.5. The minimum Gasteiger partial charge on any atom is -0.490 e. The van der Waals surface area contributed by atoms with Gasteiger partial charge in [-0.3, -0.25) is 4.79 Å². The Hall–Kier alpha value is -4.92. The van der Waals surface area contributed by atoms with Crippen molar-refractivity contribution in [3.63, 3.8) is 0 Å². The lowest BCUT2D eigenvalue weighted by atomic mass is 10.1. The molecule has 3 aromatic carbocycles. The van der Waals surface area contributed by atoms with Crippen LogP contribution in [-0.2, 0) is 6.18 Å². The number of rotatable bonds is 7. The van der Waals surface area contributed by atoms with E-state index in [1.807, 2.05) is 48.7 Å². The van der Waals surface area contributed by atoms with E-state index in [1.165, 1.54) is 18.3 Å². The highest BCUT2D eigenvalue weighted by molar-refractivity contribution is 5.83. The van der Waals surface area contributed by atoms with Crippen LogP contribution in [0.4, 0.5) is 13.2 Å². The van der Waals surface area contributed by atoms with E-state index in [9.17, 15) is 18.0 Å². The van der Waals surface area contributed by atoms with Gasteiger partial charge >= 0.3 is 6.18 Å². The van der Waals surface area contributed by atoms with Crippen LogP contribution in [0.2, 0.25) is 0 Å². The molecule has 0 fully saturated rings. The van der Waals surface area contributed by atoms with Gasteiger partial charge in [0.2, 0.25) is 0 Å². The number of aryl methyl sites for hydroxylation is 1. The Bertz CT molecular complexity index is 1800. The molecule has 5 rings (SSSR count). The lowest BCUT2D eigenvalue weighted by Gasteiger charge is -2.12. The van der Waals surface area contributed by atoms with Gasteiger partial charge < -0.3 is 9.30 Å². The number of fused-ring (bicyclic) bond motifs is 1. The number of ether oxygens (including phenoxy) is 1. The zero-order valence-electron chi connectivity index (χ0n) is 21.8. The minimum absolute atomic E-state index is 0.00923. The van der Waals surface area contributed by atoms with Crippen LogP contribution in [0, 0.1) is 13.8 Å². The van der Waals surface area contributed by atoms with Crippen LogP contribution < -0.4 is 10.3 Å². The van der Waals surface area contributed by atoms with Gasteiger partial charge in [0.15, 0.2) is 5.82 Å². The second kappa shape index (κ2) is 10.7. The average Bonchev–Trinajstić information content (AvgIpc) is 3.23. The monoisotopic (exact) mass is 542 g/mol. The molecule has 0 radical (unpaired) electrons. The molecule has 0 unspecified atom stereocenters. The third kappa shape index (κ3) is 5.18. The molecule has 0 atom stereocenters. The van der Waals surface area contributed by atoms with Crippen LogP contribution in [-0.4, -0.2) is 27.0 Å². The minimum atomic E-state index is -4.55. The van der Waals surface area contributed by atoms with Crippen molar-refractivity contribution in [1.82, 2.24) is 14.2 Å². The summed E-state index contributed by atoms with van der Waals surface area (Å²) < 4.78 is 49.0. The molecule has 6 nitrogen and oxygen atoms in total. The fourth-order valence-corrected chi connectivity index (χ4v) is 4.53. The first-order valence-electron chi connectivity index (χ1n) is 12.4. The van der Waals surface area contributed by atoms with Gasteiger partial charge in [-0.15, -0.1) is 0 Å². The van der Waals surface area contributed by atoms with E-state index >= 15 is 0 Å². The Morgan fingerprint density at radius 1 is 1.00 bits per heavy atom. The van der Waals surface area contributed by atoms with Crippen LogP contribution in [0.15, 0.2) is 101 Å². The number of halogens is 3. The SMILES string of the molecule is C=CCOc1ccc(-n2c(C)cc(C=Nn3c(-c4cccc(C(F)(F)F)c4)nc4ccccc4c3=O)c2C)cc1. The van der Waals surface area contributed by atoms with Gasteiger partial charge in [0, 0.05) is 28.2 Å². The maximum atomic E-state index is 13.5. The fraction of sp³-hybridized carbons (Fsp3) is 0.129. The molecule has 0 saturated carbocycles. The van der Waals surface area contributed by atoms with E-state index in [1.54, 1.807) is 30.3 Å². The molecular formula is C31H25F3N4O2. The first kappa shape index (κ1) is 26.7. The lowest BCUT2D eigenvalue weighted by Crippen LogP contribution is -2.20. The molecule has 0 bridgehead atoms. The first-order chi connectivity index (χ1) is 19.2. The van der Waals surface area contributed by atoms with E-state index in [-0.39, 0.29) is 11.4 Å². The van der Waals surface area contributed by atoms with Crippen molar-refractivity contribution in [1.29, 1.82) is 0 Å². The summed E-state index contributed by atoms with van der Waals surface area (Å²) in [7, 11) is 0. The zero-order valence-corrected chi connectivity index (χ0v) is 21.8. The molecule has 5 aromatic rings. The Morgan fingerprint density at radius 2 is 1.75 bits per heavy atom. The molecule has 0 spiro atoms. The molecule has 2 aromatic heterocycles. The van der Waals surface area contributed by atoms with E-state index in [0.717, 1.165) is 45.2 Å². The summed E-state index contributed by atoms with van der Waals surface area (Å²) in [6.45, 7) is 7.93. The highest BCUT2D eigenvalue weighted by atomic mass is 19.4. The van der Waals surface area contributed by atoms with Crippen molar-refractivity contribution in [3.8, 4) is 22.8 Å². The van der Waals surface area contributed by atoms with Crippen LogP contribution in [0.25, 0.3) is 28.0 Å². The van der Waals surface area contributed by atoms with E-state index in [4.69, 9.17) is 4.74 Å². The van der Waals surface area contributed by atoms with Crippen LogP contribution in [0.5, 0.6) is 5.75 Å². The highest BCUT2D eigenvalue weighted by Gasteiger charge is 2.31. The van der Waals surface area contributed by atoms with Crippen molar-refractivity contribution < 1.29 is 17.9 Å². The van der Waals surface area contributed by atoms with Crippen LogP contribution >= 0.6 is 0 Å². The van der Waals surface area contributed by atoms with Crippen molar-refractivity contribution in [2.45, 2.75) is 20.0 Å². The third-order valence-electron chi connectivity index (χ3n) is 6.45. The number of hydrogen-bond donors (Lipinski definition) is 0. The molecule has 0 N–H and O–H groups in total. The molecule has 0 amide bonds. The van der Waals surface area contributed by atoms with E-state index in [2.05, 4.69) is 16.7 Å². The third-order valence-corrected chi connectivity index (χ3v) is 6.45. The fourth-order valence-electron chi connectivity index (χ4n) is 4.53. The Labute approximate surface area is 228 Å². The Kier molecular flexibility index (Phi) is 7.13. The summed E-state index contributed by atoms with van der Waals surface area (Å²) in [6, 6.07) is 20.9. The van der Waals surface area contributed by atoms with Gasteiger partial charge in [-0.1, -0.05) is 36.9 Å². The smallest absolute Gasteiger partial charge is 0.416 e. The first-order valence-corrected chi connectivity index (χ1v) is 12.4. The predicted octanol–water partition coefficient (Wildman–Crippen LogP) is 6.94. The Morgan fingerprint density at radius 3 is 2.48 bits per heavy atom. The second-order valence-electron chi connectivity index (χ2n) is 9.15. The van der Waals surface area contributed by atoms with Crippen molar-refractivity contribution in [2.24, 2.45) is 5.10 Å². The quantitative estimate of drug-likeness (QED) is 0.165. The number of aromatic nitrogens is 3. The lowest BCUT2D eigenvalue weighted by molar-refractivity contribution is -0.137. The van der Waals surface area contributed by atoms with Crippen molar-refractivity contribution in [2.75, 3.05) is 6.61 Å². The predicted molar refractivity (Wildman–Crippen MR) is 150 cm³/mol. The van der Waals surface area contributed by atoms with Crippen LogP contribution in [0.1, 0.15) is 22.5 Å².